The van der Waals surface area contributed by atoms with Gasteiger partial charge in [-0.25, -0.2) is 0 Å². The second-order valence-electron chi connectivity index (χ2n) is 14.6. The van der Waals surface area contributed by atoms with Crippen molar-refractivity contribution in [3.8, 4) is 5.75 Å². The third-order valence-electron chi connectivity index (χ3n) is 11.2. The Labute approximate surface area is 324 Å². The van der Waals surface area contributed by atoms with Crippen LogP contribution in [0.5, 0.6) is 5.75 Å². The van der Waals surface area contributed by atoms with Gasteiger partial charge in [-0.3, -0.25) is 0 Å². The molecule has 8 nitrogen and oxygen atoms in total. The van der Waals surface area contributed by atoms with Crippen molar-refractivity contribution < 1.29 is 38.6 Å². The number of fused-ring (bicyclic) bond motifs is 1. The van der Waals surface area contributed by atoms with Gasteiger partial charge in [-0.2, -0.15) is 0 Å². The zero-order valence-electron chi connectivity index (χ0n) is 32.0. The fourth-order valence-electron chi connectivity index (χ4n) is 8.30. The van der Waals surface area contributed by atoms with Gasteiger partial charge in [-0.05, 0) is 95.3 Å². The third kappa shape index (κ3) is 8.13. The summed E-state index contributed by atoms with van der Waals surface area (Å²) in [6, 6.07) is 40.0. The quantitative estimate of drug-likeness (QED) is 0.108. The average molecular weight is 745 g/mol. The molecule has 2 aliphatic rings. The van der Waals surface area contributed by atoms with Gasteiger partial charge in [-0.1, -0.05) is 103 Å². The van der Waals surface area contributed by atoms with E-state index in [1.54, 1.807) is 14.2 Å². The fraction of sp³-hybridized carbons (Fsp3) is 0.362. The lowest BCUT2D eigenvalue weighted by Crippen LogP contribution is -2.73. The first-order valence-electron chi connectivity index (χ1n) is 19.1. The highest BCUT2D eigenvalue weighted by atomic mass is 16.7. The highest BCUT2D eigenvalue weighted by Gasteiger charge is 2.64. The van der Waals surface area contributed by atoms with E-state index in [1.165, 1.54) is 16.7 Å². The number of methoxy groups -OCH3 is 2. The van der Waals surface area contributed by atoms with Gasteiger partial charge in [0.2, 0.25) is 5.79 Å². The first-order valence-corrected chi connectivity index (χ1v) is 19.1. The van der Waals surface area contributed by atoms with E-state index in [1.807, 2.05) is 103 Å². The van der Waals surface area contributed by atoms with Crippen LogP contribution in [-0.4, -0.2) is 61.6 Å². The van der Waals surface area contributed by atoms with Crippen molar-refractivity contribution in [3.63, 3.8) is 0 Å². The predicted molar refractivity (Wildman–Crippen MR) is 211 cm³/mol. The van der Waals surface area contributed by atoms with Crippen molar-refractivity contribution in [1.29, 1.82) is 0 Å². The summed E-state index contributed by atoms with van der Waals surface area (Å²) in [7, 11) is 3.28. The van der Waals surface area contributed by atoms with Gasteiger partial charge in [0, 0.05) is 12.7 Å². The summed E-state index contributed by atoms with van der Waals surface area (Å²) in [6.45, 7) is 1.63. The van der Waals surface area contributed by atoms with Crippen LogP contribution in [0.3, 0.4) is 0 Å². The summed E-state index contributed by atoms with van der Waals surface area (Å²) in [5, 5.41) is 22.7. The van der Waals surface area contributed by atoms with E-state index < -0.39 is 42.9 Å². The van der Waals surface area contributed by atoms with Gasteiger partial charge < -0.3 is 38.6 Å². The number of benzene rings is 5. The normalized spacial score (nSPS) is 21.7. The maximum atomic E-state index is 11.4. The lowest BCUT2D eigenvalue weighted by atomic mass is 9.78. The molecule has 7 rings (SSSR count). The van der Waals surface area contributed by atoms with Gasteiger partial charge in [0.15, 0.2) is 0 Å². The summed E-state index contributed by atoms with van der Waals surface area (Å²) in [6.07, 6.45) is 0.868. The lowest BCUT2D eigenvalue weighted by molar-refractivity contribution is -0.417. The molecule has 1 unspecified atom stereocenters. The Kier molecular flexibility index (Phi) is 12.4. The van der Waals surface area contributed by atoms with Gasteiger partial charge in [-0.15, -0.1) is 0 Å². The molecule has 0 bridgehead atoms. The summed E-state index contributed by atoms with van der Waals surface area (Å²) >= 11 is 0. The first kappa shape index (κ1) is 38.9. The molecule has 0 amide bonds. The van der Waals surface area contributed by atoms with Crippen molar-refractivity contribution in [1.82, 2.24) is 0 Å². The van der Waals surface area contributed by atoms with Crippen LogP contribution in [0.4, 0.5) is 0 Å². The number of hydrogen-bond acceptors (Lipinski definition) is 8. The molecule has 5 aromatic carbocycles. The molecular weight excluding hydrogens is 693 g/mol. The van der Waals surface area contributed by atoms with Crippen molar-refractivity contribution >= 4 is 0 Å². The topological polar surface area (TPSA) is 95.8 Å². The molecular formula is C47H52O8. The van der Waals surface area contributed by atoms with Crippen molar-refractivity contribution in [2.24, 2.45) is 0 Å². The Morgan fingerprint density at radius 3 is 1.69 bits per heavy atom. The van der Waals surface area contributed by atoms with Crippen LogP contribution in [0.15, 0.2) is 121 Å². The van der Waals surface area contributed by atoms with Gasteiger partial charge in [0.25, 0.3) is 0 Å². The van der Waals surface area contributed by atoms with Crippen molar-refractivity contribution in [3.05, 3.63) is 171 Å². The highest BCUT2D eigenvalue weighted by molar-refractivity contribution is 5.52. The predicted octanol–water partition coefficient (Wildman–Crippen LogP) is 7.39. The van der Waals surface area contributed by atoms with Crippen LogP contribution in [-0.2, 0) is 68.6 Å². The minimum atomic E-state index is -1.65. The van der Waals surface area contributed by atoms with E-state index in [-0.39, 0.29) is 19.8 Å². The monoisotopic (exact) mass is 744 g/mol. The number of hydrogen-bond donors (Lipinski definition) is 2. The molecule has 2 N–H and O–H groups in total. The fourth-order valence-corrected chi connectivity index (χ4v) is 8.30. The summed E-state index contributed by atoms with van der Waals surface area (Å²) in [5.74, 6) is -0.828. The molecule has 4 atom stereocenters. The Bertz CT molecular complexity index is 1960. The molecule has 0 spiro atoms. The van der Waals surface area contributed by atoms with E-state index in [9.17, 15) is 10.2 Å². The third-order valence-corrected chi connectivity index (χ3v) is 11.2. The zero-order chi connectivity index (χ0) is 38.3. The molecule has 0 radical (unpaired) electrons. The summed E-state index contributed by atoms with van der Waals surface area (Å²) in [5.41, 5.74) is 7.94. The second kappa shape index (κ2) is 17.6. The maximum absolute atomic E-state index is 11.4. The molecule has 0 aromatic heterocycles. The van der Waals surface area contributed by atoms with Crippen molar-refractivity contribution in [2.75, 3.05) is 27.4 Å². The van der Waals surface area contributed by atoms with Crippen molar-refractivity contribution in [2.45, 2.75) is 82.1 Å². The van der Waals surface area contributed by atoms with E-state index >= 15 is 0 Å². The number of rotatable bonds is 16. The molecule has 1 saturated heterocycles. The van der Waals surface area contributed by atoms with E-state index in [2.05, 4.69) is 25.1 Å². The molecule has 1 aliphatic heterocycles. The molecule has 1 fully saturated rings. The lowest BCUT2D eigenvalue weighted by Gasteiger charge is -2.56. The zero-order valence-corrected chi connectivity index (χ0v) is 32.0. The average Bonchev–Trinajstić information content (AvgIpc) is 3.75. The molecule has 8 heteroatoms. The number of ether oxygens (including phenoxy) is 6. The van der Waals surface area contributed by atoms with Crippen LogP contribution in [0.1, 0.15) is 56.5 Å². The second-order valence-corrected chi connectivity index (χ2v) is 14.6. The van der Waals surface area contributed by atoms with Gasteiger partial charge in [0.1, 0.15) is 29.7 Å². The smallest absolute Gasteiger partial charge is 0.225 e. The molecule has 5 aromatic rings. The minimum Gasteiger partial charge on any atom is -0.497 e. The summed E-state index contributed by atoms with van der Waals surface area (Å²) in [4.78, 5) is 0. The molecule has 0 saturated carbocycles. The molecule has 288 valence electrons. The molecule has 1 heterocycles. The largest absolute Gasteiger partial charge is 0.497 e. The van der Waals surface area contributed by atoms with Crippen LogP contribution >= 0.6 is 0 Å². The van der Waals surface area contributed by atoms with Crippen LogP contribution in [0, 0.1) is 6.92 Å². The van der Waals surface area contributed by atoms with Gasteiger partial charge >= 0.3 is 0 Å². The Morgan fingerprint density at radius 1 is 0.636 bits per heavy atom. The summed E-state index contributed by atoms with van der Waals surface area (Å²) < 4.78 is 40.0. The number of aliphatic hydroxyl groups excluding tert-OH is 2. The van der Waals surface area contributed by atoms with Crippen LogP contribution in [0.25, 0.3) is 0 Å². The standard InChI is InChI=1S/C47H52O8/c1-33-40-20-13-21-41(40)38(26-34-22-24-39(50-2)25-23-34)27-42(33)47(51-3)45(54-30-37-18-11-6-12-19-37)43(52-28-35-14-7-4-8-15-35)44(46(31-48,32-49)55-47)53-29-36-16-9-5-10-17-36/h4-12,14-19,22-25,27,43-45,48-49H,13,20-21,26,28-32H2,1-3H3/t43-,44-,45+,47?/m0/s1. The number of aliphatic hydroxyl groups is 2. The first-order chi connectivity index (χ1) is 26.9. The Balaban J connectivity index is 1.39. The maximum Gasteiger partial charge on any atom is 0.225 e. The Hall–Kier alpha value is -4.38. The highest BCUT2D eigenvalue weighted by Crippen LogP contribution is 2.50. The molecule has 1 aliphatic carbocycles. The minimum absolute atomic E-state index is 0.192. The molecule has 55 heavy (non-hydrogen) atoms. The van der Waals surface area contributed by atoms with E-state index in [0.717, 1.165) is 58.4 Å². The van der Waals surface area contributed by atoms with Crippen LogP contribution < -0.4 is 4.74 Å². The van der Waals surface area contributed by atoms with E-state index in [4.69, 9.17) is 28.4 Å². The SMILES string of the molecule is COc1ccc(Cc2cc(C3(OC)OC(CO)(CO)[C@@H](OCc4ccccc4)[C@H](OCc4ccccc4)[C@H]3OCc3ccccc3)c(C)c3c2CCC3)cc1. The van der Waals surface area contributed by atoms with E-state index in [0.29, 0.717) is 6.42 Å². The van der Waals surface area contributed by atoms with Crippen LogP contribution in [0.2, 0.25) is 0 Å². The van der Waals surface area contributed by atoms with Gasteiger partial charge in [0.05, 0.1) is 40.1 Å². The Morgan fingerprint density at radius 2 is 1.16 bits per heavy atom.